The van der Waals surface area contributed by atoms with Gasteiger partial charge in [-0.25, -0.2) is 0 Å². The van der Waals surface area contributed by atoms with Crippen LogP contribution in [-0.4, -0.2) is 12.5 Å². The largest absolute Gasteiger partial charge is 0.347 e. The molecule has 0 aliphatic carbocycles. The molecule has 0 atom stereocenters. The number of aryl methyl sites for hydroxylation is 2. The Kier molecular flexibility index (Phi) is 4.54. The van der Waals surface area contributed by atoms with Crippen LogP contribution in [0.1, 0.15) is 27.0 Å². The molecule has 0 unspecified atom stereocenters. The van der Waals surface area contributed by atoms with Crippen LogP contribution in [0.25, 0.3) is 0 Å². The van der Waals surface area contributed by atoms with Crippen molar-refractivity contribution >= 4 is 33.2 Å². The third kappa shape index (κ3) is 3.47. The Bertz CT molecular complexity index is 384. The van der Waals surface area contributed by atoms with Gasteiger partial charge in [-0.05, 0) is 25.0 Å². The molecule has 0 fully saturated rings. The zero-order valence-corrected chi connectivity index (χ0v) is 11.3. The number of carbonyl (C=O) groups excluding carboxylic acids is 1. The first-order valence-electron chi connectivity index (χ1n) is 4.75. The Balaban J connectivity index is 2.69. The minimum Gasteiger partial charge on any atom is -0.347 e. The molecule has 0 aliphatic heterocycles. The number of hydrogen-bond acceptors (Lipinski definition) is 2. The first-order chi connectivity index (χ1) is 7.04. The van der Waals surface area contributed by atoms with Gasteiger partial charge in [-0.15, -0.1) is 11.3 Å². The molecule has 1 aromatic rings. The quantitative estimate of drug-likeness (QED) is 0.905. The minimum absolute atomic E-state index is 0.0246. The highest BCUT2D eigenvalue weighted by Crippen LogP contribution is 2.22. The summed E-state index contributed by atoms with van der Waals surface area (Å²) < 4.78 is 0.778. The predicted octanol–water partition coefficient (Wildman–Crippen LogP) is 3.26. The van der Waals surface area contributed by atoms with Crippen molar-refractivity contribution in [1.29, 1.82) is 0 Å². The second-order valence-electron chi connectivity index (χ2n) is 3.27. The number of amides is 1. The average Bonchev–Trinajstić information content (AvgIpc) is 2.56. The first kappa shape index (κ1) is 12.5. The van der Waals surface area contributed by atoms with Crippen molar-refractivity contribution in [2.45, 2.75) is 20.3 Å². The maximum atomic E-state index is 11.7. The third-order valence-electron chi connectivity index (χ3n) is 2.01. The van der Waals surface area contributed by atoms with Gasteiger partial charge in [0.25, 0.3) is 5.91 Å². The lowest BCUT2D eigenvalue weighted by molar-refractivity contribution is 0.0962. The van der Waals surface area contributed by atoms with Crippen molar-refractivity contribution in [1.82, 2.24) is 5.32 Å². The summed E-state index contributed by atoms with van der Waals surface area (Å²) in [5.74, 6) is -0.0246. The van der Waals surface area contributed by atoms with E-state index in [1.165, 1.54) is 10.4 Å². The van der Waals surface area contributed by atoms with Crippen LogP contribution in [0, 0.1) is 6.92 Å². The molecule has 4 heteroatoms. The van der Waals surface area contributed by atoms with Crippen molar-refractivity contribution in [3.05, 3.63) is 32.4 Å². The highest BCUT2D eigenvalue weighted by atomic mass is 79.9. The molecule has 1 amide bonds. The summed E-state index contributed by atoms with van der Waals surface area (Å²) in [6.45, 7) is 8.27. The van der Waals surface area contributed by atoms with E-state index in [2.05, 4.69) is 34.7 Å². The maximum Gasteiger partial charge on any atom is 0.261 e. The average molecular weight is 288 g/mol. The summed E-state index contributed by atoms with van der Waals surface area (Å²) in [5.41, 5.74) is 1.20. The van der Waals surface area contributed by atoms with E-state index in [4.69, 9.17) is 0 Å². The molecule has 2 nitrogen and oxygen atoms in total. The zero-order chi connectivity index (χ0) is 11.4. The Hall–Kier alpha value is -0.610. The smallest absolute Gasteiger partial charge is 0.261 e. The van der Waals surface area contributed by atoms with Gasteiger partial charge in [0.15, 0.2) is 0 Å². The van der Waals surface area contributed by atoms with Crippen molar-refractivity contribution in [3.8, 4) is 0 Å². The Morgan fingerprint density at radius 3 is 2.80 bits per heavy atom. The molecule has 0 aromatic carbocycles. The van der Waals surface area contributed by atoms with Crippen LogP contribution in [0.5, 0.6) is 0 Å². The first-order valence-corrected chi connectivity index (χ1v) is 6.36. The molecule has 1 rings (SSSR count). The molecule has 0 bridgehead atoms. The second kappa shape index (κ2) is 5.47. The molecule has 82 valence electrons. The van der Waals surface area contributed by atoms with Crippen LogP contribution in [0.15, 0.2) is 17.1 Å². The Morgan fingerprint density at radius 1 is 1.67 bits per heavy atom. The van der Waals surface area contributed by atoms with E-state index in [1.807, 2.05) is 13.0 Å². The van der Waals surface area contributed by atoms with Gasteiger partial charge in [-0.2, -0.15) is 0 Å². The molecular formula is C11H14BrNOS. The summed E-state index contributed by atoms with van der Waals surface area (Å²) in [7, 11) is 0. The molecule has 0 saturated carbocycles. The van der Waals surface area contributed by atoms with Crippen LogP contribution >= 0.6 is 27.3 Å². The van der Waals surface area contributed by atoms with E-state index in [9.17, 15) is 4.79 Å². The third-order valence-corrected chi connectivity index (χ3v) is 3.67. The fraction of sp³-hybridized carbons (Fsp3) is 0.364. The van der Waals surface area contributed by atoms with Gasteiger partial charge in [-0.3, -0.25) is 4.79 Å². The second-order valence-corrected chi connectivity index (χ2v) is 5.53. The van der Waals surface area contributed by atoms with Gasteiger partial charge in [0.1, 0.15) is 0 Å². The summed E-state index contributed by atoms with van der Waals surface area (Å²) in [6, 6.07) is 1.94. The lowest BCUT2D eigenvalue weighted by atomic mass is 10.2. The van der Waals surface area contributed by atoms with E-state index in [0.717, 1.165) is 15.8 Å². The number of rotatable bonds is 4. The minimum atomic E-state index is -0.0246. The van der Waals surface area contributed by atoms with E-state index < -0.39 is 0 Å². The summed E-state index contributed by atoms with van der Waals surface area (Å²) in [4.78, 5) is 13.7. The Labute approximate surface area is 103 Å². The van der Waals surface area contributed by atoms with Gasteiger partial charge in [0, 0.05) is 15.9 Å². The normalized spacial score (nSPS) is 10.1. The van der Waals surface area contributed by atoms with E-state index >= 15 is 0 Å². The van der Waals surface area contributed by atoms with Gasteiger partial charge < -0.3 is 5.32 Å². The number of thiophene rings is 1. The maximum absolute atomic E-state index is 11.7. The highest BCUT2D eigenvalue weighted by molar-refractivity contribution is 9.11. The molecule has 0 aliphatic rings. The lowest BCUT2D eigenvalue weighted by Crippen LogP contribution is -2.23. The van der Waals surface area contributed by atoms with Crippen molar-refractivity contribution in [2.24, 2.45) is 0 Å². The van der Waals surface area contributed by atoms with E-state index in [0.29, 0.717) is 6.54 Å². The number of carbonyl (C=O) groups is 1. The molecule has 0 radical (unpaired) electrons. The van der Waals surface area contributed by atoms with Gasteiger partial charge in [0.05, 0.1) is 4.88 Å². The van der Waals surface area contributed by atoms with Crippen LogP contribution in [0.4, 0.5) is 0 Å². The lowest BCUT2D eigenvalue weighted by Gasteiger charge is -2.00. The summed E-state index contributed by atoms with van der Waals surface area (Å²) in [5, 5.41) is 2.79. The SMILES string of the molecule is C=C(Br)CNC(=O)c1cc(C)c(CC)s1. The van der Waals surface area contributed by atoms with Crippen LogP contribution < -0.4 is 5.32 Å². The van der Waals surface area contributed by atoms with Crippen molar-refractivity contribution in [2.75, 3.05) is 6.54 Å². The standard InChI is InChI=1S/C11H14BrNOS/c1-4-9-7(2)5-10(15-9)11(14)13-6-8(3)12/h5H,3-4,6H2,1-2H3,(H,13,14). The van der Waals surface area contributed by atoms with Crippen molar-refractivity contribution in [3.63, 3.8) is 0 Å². The topological polar surface area (TPSA) is 29.1 Å². The van der Waals surface area contributed by atoms with Gasteiger partial charge >= 0.3 is 0 Å². The molecule has 15 heavy (non-hydrogen) atoms. The monoisotopic (exact) mass is 287 g/mol. The molecule has 0 saturated heterocycles. The van der Waals surface area contributed by atoms with Crippen LogP contribution in [0.3, 0.4) is 0 Å². The summed E-state index contributed by atoms with van der Waals surface area (Å²) in [6.07, 6.45) is 0.981. The molecule has 0 spiro atoms. The van der Waals surface area contributed by atoms with Crippen LogP contribution in [-0.2, 0) is 6.42 Å². The fourth-order valence-electron chi connectivity index (χ4n) is 1.25. The Morgan fingerprint density at radius 2 is 2.33 bits per heavy atom. The van der Waals surface area contributed by atoms with Crippen LogP contribution in [0.2, 0.25) is 0 Å². The summed E-state index contributed by atoms with van der Waals surface area (Å²) >= 11 is 4.77. The molecule has 1 aromatic heterocycles. The number of halogens is 1. The zero-order valence-electron chi connectivity index (χ0n) is 8.89. The number of nitrogens with one attached hydrogen (secondary N) is 1. The number of hydrogen-bond donors (Lipinski definition) is 1. The highest BCUT2D eigenvalue weighted by Gasteiger charge is 2.10. The van der Waals surface area contributed by atoms with E-state index in [-0.39, 0.29) is 5.91 Å². The fourth-order valence-corrected chi connectivity index (χ4v) is 2.42. The molecule has 1 N–H and O–H groups in total. The van der Waals surface area contributed by atoms with E-state index in [1.54, 1.807) is 11.3 Å². The molecule has 1 heterocycles. The van der Waals surface area contributed by atoms with Crippen molar-refractivity contribution < 1.29 is 4.79 Å². The van der Waals surface area contributed by atoms with Gasteiger partial charge in [-0.1, -0.05) is 29.4 Å². The molecular weight excluding hydrogens is 274 g/mol. The predicted molar refractivity (Wildman–Crippen MR) is 68.8 cm³/mol. The van der Waals surface area contributed by atoms with Gasteiger partial charge in [0.2, 0.25) is 0 Å².